The number of hydrogen-bond donors (Lipinski definition) is 1. The average Bonchev–Trinajstić information content (AvgIpc) is 3.33. The van der Waals surface area contributed by atoms with Gasteiger partial charge in [-0.1, -0.05) is 23.7 Å². The molecule has 7 heteroatoms. The highest BCUT2D eigenvalue weighted by molar-refractivity contribution is 7.17. The molecule has 0 unspecified atom stereocenters. The topological polar surface area (TPSA) is 60.3 Å². The lowest BCUT2D eigenvalue weighted by atomic mass is 10.2. The summed E-state index contributed by atoms with van der Waals surface area (Å²) in [6.07, 6.45) is 0. The fourth-order valence-corrected chi connectivity index (χ4v) is 4.16. The highest BCUT2D eigenvalue weighted by atomic mass is 35.5. The van der Waals surface area contributed by atoms with Gasteiger partial charge in [-0.05, 0) is 66.4 Å². The molecule has 0 bridgehead atoms. The van der Waals surface area contributed by atoms with Gasteiger partial charge in [0.05, 0.1) is 22.4 Å². The molecule has 152 valence electrons. The first kappa shape index (κ1) is 20.2. The van der Waals surface area contributed by atoms with Gasteiger partial charge >= 0.3 is 5.97 Å². The van der Waals surface area contributed by atoms with E-state index < -0.39 is 0 Å². The van der Waals surface area contributed by atoms with Crippen LogP contribution in [0.25, 0.3) is 10.2 Å². The van der Waals surface area contributed by atoms with E-state index in [1.165, 1.54) is 0 Å². The Morgan fingerprint density at radius 1 is 1.07 bits per heavy atom. The Bertz CT molecular complexity index is 1190. The minimum atomic E-state index is -0.382. The first-order valence-electron chi connectivity index (χ1n) is 9.45. The number of halogens is 1. The van der Waals surface area contributed by atoms with Crippen molar-refractivity contribution in [2.24, 2.45) is 0 Å². The monoisotopic (exact) mass is 438 g/mol. The third kappa shape index (κ3) is 4.25. The zero-order valence-corrected chi connectivity index (χ0v) is 17.8. The standard InChI is InChI=1S/C23H19ClN2O3S/c1-2-29-23(28)16-5-9-18(10-6-16)25-22(27)20-13-21-19(11-12-30-21)26(20)14-15-3-7-17(24)8-4-15/h3-13H,2,14H2,1H3,(H,25,27). The number of hydrogen-bond acceptors (Lipinski definition) is 4. The van der Waals surface area contributed by atoms with Crippen molar-refractivity contribution in [3.8, 4) is 0 Å². The molecule has 2 aromatic carbocycles. The summed E-state index contributed by atoms with van der Waals surface area (Å²) in [6.45, 7) is 2.64. The van der Waals surface area contributed by atoms with E-state index in [0.29, 0.717) is 35.1 Å². The molecule has 2 aromatic heterocycles. The van der Waals surface area contributed by atoms with Gasteiger partial charge in [0.1, 0.15) is 5.69 Å². The number of anilines is 1. The van der Waals surface area contributed by atoms with Crippen LogP contribution in [-0.4, -0.2) is 23.1 Å². The van der Waals surface area contributed by atoms with E-state index in [0.717, 1.165) is 15.8 Å². The van der Waals surface area contributed by atoms with Crippen molar-refractivity contribution in [2.75, 3.05) is 11.9 Å². The van der Waals surface area contributed by atoms with Crippen molar-refractivity contribution < 1.29 is 14.3 Å². The third-order valence-electron chi connectivity index (χ3n) is 4.66. The fraction of sp³-hybridized carbons (Fsp3) is 0.130. The number of aromatic nitrogens is 1. The van der Waals surface area contributed by atoms with Crippen LogP contribution in [-0.2, 0) is 11.3 Å². The molecule has 0 atom stereocenters. The van der Waals surface area contributed by atoms with Gasteiger partial charge in [0.15, 0.2) is 0 Å². The molecule has 1 amide bonds. The molecule has 4 aromatic rings. The molecule has 2 heterocycles. The highest BCUT2D eigenvalue weighted by Gasteiger charge is 2.17. The van der Waals surface area contributed by atoms with Gasteiger partial charge in [-0.3, -0.25) is 4.79 Å². The molecule has 0 aliphatic carbocycles. The Labute approximate surface area is 182 Å². The lowest BCUT2D eigenvalue weighted by molar-refractivity contribution is 0.0526. The van der Waals surface area contributed by atoms with E-state index >= 15 is 0 Å². The van der Waals surface area contributed by atoms with Crippen LogP contribution in [0.5, 0.6) is 0 Å². The van der Waals surface area contributed by atoms with Crippen molar-refractivity contribution in [1.82, 2.24) is 4.57 Å². The molecule has 0 saturated carbocycles. The molecular formula is C23H19ClN2O3S. The van der Waals surface area contributed by atoms with E-state index in [4.69, 9.17) is 16.3 Å². The van der Waals surface area contributed by atoms with E-state index in [2.05, 4.69) is 5.32 Å². The molecule has 4 rings (SSSR count). The molecule has 30 heavy (non-hydrogen) atoms. The predicted octanol–water partition coefficient (Wildman–Crippen LogP) is 5.83. The van der Waals surface area contributed by atoms with Crippen molar-refractivity contribution in [2.45, 2.75) is 13.5 Å². The van der Waals surface area contributed by atoms with Crippen LogP contribution in [0.4, 0.5) is 5.69 Å². The average molecular weight is 439 g/mol. The normalized spacial score (nSPS) is 10.9. The Balaban J connectivity index is 1.58. The molecule has 0 aliphatic rings. The lowest BCUT2D eigenvalue weighted by Gasteiger charge is -2.11. The maximum atomic E-state index is 13.0. The molecule has 0 radical (unpaired) electrons. The van der Waals surface area contributed by atoms with Crippen LogP contribution in [0.1, 0.15) is 33.3 Å². The molecule has 0 spiro atoms. The molecule has 5 nitrogen and oxygen atoms in total. The Morgan fingerprint density at radius 3 is 2.50 bits per heavy atom. The molecule has 1 N–H and O–H groups in total. The van der Waals surface area contributed by atoms with Gasteiger partial charge in [-0.25, -0.2) is 4.79 Å². The summed E-state index contributed by atoms with van der Waals surface area (Å²) in [5, 5.41) is 5.60. The number of carbonyl (C=O) groups excluding carboxylic acids is 2. The van der Waals surface area contributed by atoms with Crippen LogP contribution in [0.3, 0.4) is 0 Å². The maximum absolute atomic E-state index is 13.0. The van der Waals surface area contributed by atoms with Gasteiger partial charge in [0, 0.05) is 17.3 Å². The summed E-state index contributed by atoms with van der Waals surface area (Å²) in [7, 11) is 0. The quantitative estimate of drug-likeness (QED) is 0.385. The number of nitrogens with one attached hydrogen (secondary N) is 1. The molecular weight excluding hydrogens is 420 g/mol. The number of ether oxygens (including phenoxy) is 1. The van der Waals surface area contributed by atoms with Crippen molar-refractivity contribution in [3.05, 3.63) is 87.9 Å². The van der Waals surface area contributed by atoms with Crippen molar-refractivity contribution in [1.29, 1.82) is 0 Å². The van der Waals surface area contributed by atoms with Gasteiger partial charge in [-0.15, -0.1) is 11.3 Å². The van der Waals surface area contributed by atoms with Crippen LogP contribution < -0.4 is 5.32 Å². The first-order valence-corrected chi connectivity index (χ1v) is 10.7. The largest absolute Gasteiger partial charge is 0.462 e. The van der Waals surface area contributed by atoms with Gasteiger partial charge in [0.2, 0.25) is 0 Å². The molecule has 0 aliphatic heterocycles. The van der Waals surface area contributed by atoms with Crippen molar-refractivity contribution >= 4 is 50.7 Å². The van der Waals surface area contributed by atoms with E-state index in [1.807, 2.05) is 46.3 Å². The zero-order valence-electron chi connectivity index (χ0n) is 16.2. The number of rotatable bonds is 6. The minimum Gasteiger partial charge on any atom is -0.462 e. The first-order chi connectivity index (χ1) is 14.5. The summed E-state index contributed by atoms with van der Waals surface area (Å²) in [4.78, 5) is 24.8. The van der Waals surface area contributed by atoms with E-state index in [1.54, 1.807) is 42.5 Å². The minimum absolute atomic E-state index is 0.212. The summed E-state index contributed by atoms with van der Waals surface area (Å²) in [5.74, 6) is -0.594. The summed E-state index contributed by atoms with van der Waals surface area (Å²) in [6, 6.07) is 18.2. The number of nitrogens with zero attached hydrogens (tertiary/aromatic N) is 1. The van der Waals surface area contributed by atoms with E-state index in [-0.39, 0.29) is 11.9 Å². The summed E-state index contributed by atoms with van der Waals surface area (Å²) in [5.41, 5.74) is 3.69. The van der Waals surface area contributed by atoms with Gasteiger partial charge in [-0.2, -0.15) is 0 Å². The maximum Gasteiger partial charge on any atom is 0.338 e. The Morgan fingerprint density at radius 2 is 1.80 bits per heavy atom. The van der Waals surface area contributed by atoms with E-state index in [9.17, 15) is 9.59 Å². The number of esters is 1. The van der Waals surface area contributed by atoms with Gasteiger partial charge in [0.25, 0.3) is 5.91 Å². The Kier molecular flexibility index (Phi) is 5.88. The van der Waals surface area contributed by atoms with Crippen LogP contribution >= 0.6 is 22.9 Å². The van der Waals surface area contributed by atoms with Crippen LogP contribution in [0.2, 0.25) is 5.02 Å². The number of fused-ring (bicyclic) bond motifs is 1. The number of carbonyl (C=O) groups is 2. The fourth-order valence-electron chi connectivity index (χ4n) is 3.21. The second-order valence-electron chi connectivity index (χ2n) is 6.66. The molecule has 0 fully saturated rings. The highest BCUT2D eigenvalue weighted by Crippen LogP contribution is 2.27. The number of amides is 1. The second-order valence-corrected chi connectivity index (χ2v) is 8.05. The zero-order chi connectivity index (χ0) is 21.1. The van der Waals surface area contributed by atoms with Crippen molar-refractivity contribution in [3.63, 3.8) is 0 Å². The smallest absolute Gasteiger partial charge is 0.338 e. The summed E-state index contributed by atoms with van der Waals surface area (Å²) >= 11 is 7.59. The van der Waals surface area contributed by atoms with Gasteiger partial charge < -0.3 is 14.6 Å². The van der Waals surface area contributed by atoms with Crippen LogP contribution in [0, 0.1) is 0 Å². The predicted molar refractivity (Wildman–Crippen MR) is 121 cm³/mol. The Hall–Kier alpha value is -3.09. The SMILES string of the molecule is CCOC(=O)c1ccc(NC(=O)c2cc3sccc3n2Cc2ccc(Cl)cc2)cc1. The third-order valence-corrected chi connectivity index (χ3v) is 5.77. The lowest BCUT2D eigenvalue weighted by Crippen LogP contribution is -2.17. The summed E-state index contributed by atoms with van der Waals surface area (Å²) < 4.78 is 8.03. The van der Waals surface area contributed by atoms with Crippen LogP contribution in [0.15, 0.2) is 66.0 Å². The number of benzene rings is 2. The molecule has 0 saturated heterocycles. The number of thiophene rings is 1. The second kappa shape index (κ2) is 8.73.